The van der Waals surface area contributed by atoms with E-state index in [1.54, 1.807) is 0 Å². The highest BCUT2D eigenvalue weighted by Crippen LogP contribution is 2.40. The second-order valence-electron chi connectivity index (χ2n) is 4.73. The van der Waals surface area contributed by atoms with Gasteiger partial charge in [0, 0.05) is 24.0 Å². The fraction of sp³-hybridized carbons (Fsp3) is 0.727. The molecular weight excluding hydrogens is 254 g/mol. The van der Waals surface area contributed by atoms with E-state index >= 15 is 0 Å². The summed E-state index contributed by atoms with van der Waals surface area (Å²) in [5.41, 5.74) is 0. The zero-order chi connectivity index (χ0) is 12.5. The van der Waals surface area contributed by atoms with Gasteiger partial charge in [0.25, 0.3) is 0 Å². The first kappa shape index (κ1) is 11.9. The number of hydrogen-bond donors (Lipinski definition) is 1. The average Bonchev–Trinajstić information content (AvgIpc) is 3.08. The van der Waals surface area contributed by atoms with Gasteiger partial charge in [0.2, 0.25) is 5.13 Å². The molecule has 1 aromatic heterocycles. The van der Waals surface area contributed by atoms with Gasteiger partial charge >= 0.3 is 5.97 Å². The van der Waals surface area contributed by atoms with Crippen molar-refractivity contribution in [2.45, 2.75) is 31.2 Å². The van der Waals surface area contributed by atoms with Gasteiger partial charge in [-0.3, -0.25) is 4.79 Å². The summed E-state index contributed by atoms with van der Waals surface area (Å²) < 4.78 is 9.72. The molecule has 7 heteroatoms. The van der Waals surface area contributed by atoms with Crippen LogP contribution in [0.4, 0.5) is 5.13 Å². The topological polar surface area (TPSA) is 75.6 Å². The summed E-state index contributed by atoms with van der Waals surface area (Å²) in [5, 5.41) is 9.76. The maximum Gasteiger partial charge on any atom is 0.305 e. The summed E-state index contributed by atoms with van der Waals surface area (Å²) in [6.45, 7) is 1.76. The molecule has 0 bridgehead atoms. The Morgan fingerprint density at radius 3 is 3.11 bits per heavy atom. The van der Waals surface area contributed by atoms with Crippen LogP contribution >= 0.6 is 11.5 Å². The molecule has 0 amide bonds. The fourth-order valence-electron chi connectivity index (χ4n) is 2.13. The van der Waals surface area contributed by atoms with Crippen molar-refractivity contribution in [2.24, 2.45) is 0 Å². The lowest BCUT2D eigenvalue weighted by molar-refractivity contribution is -0.138. The molecule has 18 heavy (non-hydrogen) atoms. The van der Waals surface area contributed by atoms with E-state index in [9.17, 15) is 4.79 Å². The number of carbonyl (C=O) groups is 1. The maximum absolute atomic E-state index is 10.9. The first-order valence-electron chi connectivity index (χ1n) is 6.14. The number of ether oxygens (including phenoxy) is 1. The van der Waals surface area contributed by atoms with Crippen LogP contribution < -0.4 is 4.90 Å². The minimum Gasteiger partial charge on any atom is -0.481 e. The Morgan fingerprint density at radius 1 is 1.56 bits per heavy atom. The molecule has 2 heterocycles. The Kier molecular flexibility index (Phi) is 3.17. The van der Waals surface area contributed by atoms with Gasteiger partial charge in [-0.1, -0.05) is 0 Å². The average molecular weight is 269 g/mol. The molecule has 1 aromatic rings. The van der Waals surface area contributed by atoms with E-state index in [1.807, 2.05) is 4.90 Å². The number of nitrogens with zero attached hydrogens (tertiary/aromatic N) is 3. The van der Waals surface area contributed by atoms with E-state index in [4.69, 9.17) is 9.84 Å². The Balaban J connectivity index is 1.75. The highest BCUT2D eigenvalue weighted by Gasteiger charge is 2.31. The number of aliphatic carboxylic acids is 1. The number of aromatic nitrogens is 2. The lowest BCUT2D eigenvalue weighted by Gasteiger charge is -2.34. The van der Waals surface area contributed by atoms with Crippen LogP contribution in [0.25, 0.3) is 0 Å². The van der Waals surface area contributed by atoms with Gasteiger partial charge in [0.1, 0.15) is 5.82 Å². The van der Waals surface area contributed by atoms with Crippen molar-refractivity contribution < 1.29 is 14.6 Å². The predicted octanol–water partition coefficient (Wildman–Crippen LogP) is 1.10. The van der Waals surface area contributed by atoms with Gasteiger partial charge in [-0.05, 0) is 12.8 Å². The van der Waals surface area contributed by atoms with Gasteiger partial charge in [-0.2, -0.15) is 4.37 Å². The van der Waals surface area contributed by atoms with Crippen molar-refractivity contribution in [1.29, 1.82) is 0 Å². The molecule has 0 radical (unpaired) electrons. The van der Waals surface area contributed by atoms with E-state index in [0.717, 1.165) is 11.0 Å². The zero-order valence-electron chi connectivity index (χ0n) is 9.91. The molecule has 1 saturated carbocycles. The standard InChI is InChI=1S/C11H15N3O3S/c15-9(16)5-8-6-17-4-3-14(8)11-12-10(13-18-11)7-1-2-7/h7-8H,1-6H2,(H,15,16). The minimum absolute atomic E-state index is 0.0817. The normalized spacial score (nSPS) is 24.2. The first-order chi connectivity index (χ1) is 8.74. The van der Waals surface area contributed by atoms with E-state index in [0.29, 0.717) is 25.7 Å². The molecule has 3 rings (SSSR count). The Bertz CT molecular complexity index is 446. The lowest BCUT2D eigenvalue weighted by Crippen LogP contribution is -2.46. The molecule has 1 N–H and O–H groups in total. The number of carboxylic acid groups (broad SMARTS) is 1. The quantitative estimate of drug-likeness (QED) is 0.882. The van der Waals surface area contributed by atoms with Gasteiger partial charge in [0.05, 0.1) is 25.7 Å². The van der Waals surface area contributed by atoms with Crippen LogP contribution in [0.1, 0.15) is 31.0 Å². The van der Waals surface area contributed by atoms with Crippen molar-refractivity contribution in [2.75, 3.05) is 24.7 Å². The molecular formula is C11H15N3O3S. The minimum atomic E-state index is -0.803. The molecule has 2 aliphatic rings. The van der Waals surface area contributed by atoms with Crippen molar-refractivity contribution in [1.82, 2.24) is 9.36 Å². The zero-order valence-corrected chi connectivity index (χ0v) is 10.7. The summed E-state index contributed by atoms with van der Waals surface area (Å²) in [6.07, 6.45) is 2.44. The van der Waals surface area contributed by atoms with Gasteiger partial charge in [0.15, 0.2) is 0 Å². The maximum atomic E-state index is 10.9. The third-order valence-corrected chi connectivity index (χ3v) is 4.02. The third-order valence-electron chi connectivity index (χ3n) is 3.26. The second-order valence-corrected chi connectivity index (χ2v) is 5.46. The van der Waals surface area contributed by atoms with Crippen LogP contribution in [0.5, 0.6) is 0 Å². The highest BCUT2D eigenvalue weighted by molar-refractivity contribution is 7.09. The van der Waals surface area contributed by atoms with Crippen LogP contribution in [0.3, 0.4) is 0 Å². The van der Waals surface area contributed by atoms with Crippen molar-refractivity contribution in [3.05, 3.63) is 5.82 Å². The fourth-order valence-corrected chi connectivity index (χ4v) is 2.97. The van der Waals surface area contributed by atoms with Crippen LogP contribution in [0, 0.1) is 0 Å². The largest absolute Gasteiger partial charge is 0.481 e. The van der Waals surface area contributed by atoms with E-state index in [-0.39, 0.29) is 12.5 Å². The SMILES string of the molecule is O=C(O)CC1COCCN1c1nc(C2CC2)ns1. The number of hydrogen-bond acceptors (Lipinski definition) is 6. The molecule has 6 nitrogen and oxygen atoms in total. The Morgan fingerprint density at radius 2 is 2.39 bits per heavy atom. The summed E-state index contributed by atoms with van der Waals surface area (Å²) >= 11 is 1.37. The van der Waals surface area contributed by atoms with Crippen molar-refractivity contribution in [3.63, 3.8) is 0 Å². The van der Waals surface area contributed by atoms with Crippen molar-refractivity contribution in [3.8, 4) is 0 Å². The molecule has 1 aliphatic carbocycles. The number of anilines is 1. The van der Waals surface area contributed by atoms with Crippen LogP contribution in [-0.4, -0.2) is 46.2 Å². The van der Waals surface area contributed by atoms with Crippen LogP contribution in [0.2, 0.25) is 0 Å². The molecule has 0 spiro atoms. The summed E-state index contributed by atoms with van der Waals surface area (Å²) in [4.78, 5) is 17.4. The smallest absolute Gasteiger partial charge is 0.305 e. The number of carboxylic acids is 1. The molecule has 1 aliphatic heterocycles. The molecule has 2 fully saturated rings. The molecule has 98 valence electrons. The molecule has 1 unspecified atom stereocenters. The number of morpholine rings is 1. The second kappa shape index (κ2) is 4.81. The molecule has 1 atom stereocenters. The predicted molar refractivity (Wildman–Crippen MR) is 66.1 cm³/mol. The monoisotopic (exact) mass is 269 g/mol. The summed E-state index contributed by atoms with van der Waals surface area (Å²) in [7, 11) is 0. The first-order valence-corrected chi connectivity index (χ1v) is 6.91. The van der Waals surface area contributed by atoms with Crippen molar-refractivity contribution >= 4 is 22.6 Å². The molecule has 0 aromatic carbocycles. The summed E-state index contributed by atoms with van der Waals surface area (Å²) in [6, 6.07) is -0.128. The Labute approximate surface area is 109 Å². The lowest BCUT2D eigenvalue weighted by atomic mass is 10.2. The van der Waals surface area contributed by atoms with Crippen LogP contribution in [0.15, 0.2) is 0 Å². The Hall–Kier alpha value is -1.21. The highest BCUT2D eigenvalue weighted by atomic mass is 32.1. The van der Waals surface area contributed by atoms with Gasteiger partial charge < -0.3 is 14.7 Å². The third kappa shape index (κ3) is 2.46. The van der Waals surface area contributed by atoms with Gasteiger partial charge in [-0.25, -0.2) is 4.98 Å². The van der Waals surface area contributed by atoms with E-state index < -0.39 is 5.97 Å². The molecule has 1 saturated heterocycles. The number of rotatable bonds is 4. The van der Waals surface area contributed by atoms with Gasteiger partial charge in [-0.15, -0.1) is 0 Å². The van der Waals surface area contributed by atoms with Crippen LogP contribution in [-0.2, 0) is 9.53 Å². The summed E-state index contributed by atoms with van der Waals surface area (Å²) in [5.74, 6) is 0.659. The van der Waals surface area contributed by atoms with E-state index in [1.165, 1.54) is 24.4 Å². The van der Waals surface area contributed by atoms with E-state index in [2.05, 4.69) is 9.36 Å².